The number of esters is 1. The van der Waals surface area contributed by atoms with E-state index >= 15 is 0 Å². The molecule has 0 aromatic heterocycles. The first kappa shape index (κ1) is 17.1. The molecule has 0 aliphatic heterocycles. The quantitative estimate of drug-likeness (QED) is 0.814. The number of hydrogen-bond acceptors (Lipinski definition) is 5. The topological polar surface area (TPSA) is 73.9 Å². The van der Waals surface area contributed by atoms with Gasteiger partial charge in [0.25, 0.3) is 5.91 Å². The van der Waals surface area contributed by atoms with Crippen LogP contribution < -0.4 is 14.8 Å². The van der Waals surface area contributed by atoms with Crippen molar-refractivity contribution in [1.29, 1.82) is 0 Å². The Kier molecular flexibility index (Phi) is 5.84. The molecule has 1 aliphatic rings. The smallest absolute Gasteiger partial charge is 0.342 e. The third-order valence-corrected chi connectivity index (χ3v) is 3.98. The molecule has 1 N–H and O–H groups in total. The van der Waals surface area contributed by atoms with Crippen LogP contribution in [0.4, 0.5) is 0 Å². The molecule has 0 radical (unpaired) electrons. The zero-order chi connectivity index (χ0) is 16.8. The molecule has 1 aromatic rings. The van der Waals surface area contributed by atoms with Crippen molar-refractivity contribution in [2.75, 3.05) is 14.2 Å². The van der Waals surface area contributed by atoms with Crippen molar-refractivity contribution in [3.05, 3.63) is 23.8 Å². The lowest BCUT2D eigenvalue weighted by Crippen LogP contribution is -2.40. The predicted octanol–water partition coefficient (Wildman–Crippen LogP) is 2.31. The number of nitrogens with one attached hydrogen (secondary N) is 1. The van der Waals surface area contributed by atoms with Crippen LogP contribution in [0.2, 0.25) is 0 Å². The largest absolute Gasteiger partial charge is 0.497 e. The highest BCUT2D eigenvalue weighted by molar-refractivity contribution is 5.94. The minimum Gasteiger partial charge on any atom is -0.497 e. The van der Waals surface area contributed by atoms with Crippen LogP contribution >= 0.6 is 0 Å². The predicted molar refractivity (Wildman–Crippen MR) is 84.8 cm³/mol. The van der Waals surface area contributed by atoms with Gasteiger partial charge in [0.15, 0.2) is 6.10 Å². The van der Waals surface area contributed by atoms with Gasteiger partial charge in [0.05, 0.1) is 14.2 Å². The van der Waals surface area contributed by atoms with E-state index in [0.29, 0.717) is 11.5 Å². The number of rotatable bonds is 6. The molecule has 1 atom stereocenters. The second-order valence-corrected chi connectivity index (χ2v) is 5.60. The molecule has 0 unspecified atom stereocenters. The molecular formula is C17H23NO5. The summed E-state index contributed by atoms with van der Waals surface area (Å²) < 4.78 is 15.5. The maximum absolute atomic E-state index is 12.3. The van der Waals surface area contributed by atoms with E-state index in [1.807, 2.05) is 0 Å². The summed E-state index contributed by atoms with van der Waals surface area (Å²) in [5.74, 6) is 0.0551. The van der Waals surface area contributed by atoms with Crippen LogP contribution in [0.15, 0.2) is 18.2 Å². The summed E-state index contributed by atoms with van der Waals surface area (Å²) in [5.41, 5.74) is 0.258. The van der Waals surface area contributed by atoms with Gasteiger partial charge in [-0.15, -0.1) is 0 Å². The maximum Gasteiger partial charge on any atom is 0.342 e. The summed E-state index contributed by atoms with van der Waals surface area (Å²) in [6.07, 6.45) is 3.37. The Morgan fingerprint density at radius 3 is 2.48 bits per heavy atom. The fourth-order valence-corrected chi connectivity index (χ4v) is 2.63. The van der Waals surface area contributed by atoms with Crippen LogP contribution in [-0.4, -0.2) is 38.2 Å². The summed E-state index contributed by atoms with van der Waals surface area (Å²) in [7, 11) is 2.99. The van der Waals surface area contributed by atoms with Crippen molar-refractivity contribution in [2.45, 2.75) is 44.8 Å². The van der Waals surface area contributed by atoms with Gasteiger partial charge in [-0.3, -0.25) is 4.79 Å². The van der Waals surface area contributed by atoms with Gasteiger partial charge in [0.2, 0.25) is 0 Å². The van der Waals surface area contributed by atoms with Crippen molar-refractivity contribution in [2.24, 2.45) is 0 Å². The standard InChI is InChI=1S/C17H23NO5/c1-11(16(19)18-12-6-4-5-7-12)23-17(20)14-9-8-13(21-2)10-15(14)22-3/h8-12H,4-7H2,1-3H3,(H,18,19)/t11-/m1/s1. The number of benzene rings is 1. The van der Waals surface area contributed by atoms with Gasteiger partial charge < -0.3 is 19.5 Å². The lowest BCUT2D eigenvalue weighted by atomic mass is 10.2. The highest BCUT2D eigenvalue weighted by atomic mass is 16.5. The van der Waals surface area contributed by atoms with Crippen molar-refractivity contribution in [1.82, 2.24) is 5.32 Å². The zero-order valence-corrected chi connectivity index (χ0v) is 13.8. The molecule has 0 heterocycles. The molecule has 6 heteroatoms. The van der Waals surface area contributed by atoms with E-state index in [9.17, 15) is 9.59 Å². The average Bonchev–Trinajstić information content (AvgIpc) is 3.06. The Balaban J connectivity index is 1.98. The summed E-state index contributed by atoms with van der Waals surface area (Å²) in [4.78, 5) is 24.3. The molecular weight excluding hydrogens is 298 g/mol. The molecule has 1 fully saturated rings. The SMILES string of the molecule is COc1ccc(C(=O)O[C@H](C)C(=O)NC2CCCC2)c(OC)c1. The molecule has 0 bridgehead atoms. The van der Waals surface area contributed by atoms with E-state index in [2.05, 4.69) is 5.32 Å². The number of methoxy groups -OCH3 is 2. The molecule has 126 valence electrons. The molecule has 6 nitrogen and oxygen atoms in total. The molecule has 0 saturated heterocycles. The van der Waals surface area contributed by atoms with Crippen molar-refractivity contribution in [3.63, 3.8) is 0 Å². The molecule has 23 heavy (non-hydrogen) atoms. The van der Waals surface area contributed by atoms with Gasteiger partial charge in [-0.05, 0) is 31.9 Å². The molecule has 1 saturated carbocycles. The summed E-state index contributed by atoms with van der Waals surface area (Å²) in [6.45, 7) is 1.57. The number of carbonyl (C=O) groups excluding carboxylic acids is 2. The first-order valence-electron chi connectivity index (χ1n) is 7.78. The Labute approximate surface area is 136 Å². The van der Waals surface area contributed by atoms with Crippen molar-refractivity contribution >= 4 is 11.9 Å². The Hall–Kier alpha value is -2.24. The third-order valence-electron chi connectivity index (χ3n) is 3.98. The summed E-state index contributed by atoms with van der Waals surface area (Å²) >= 11 is 0. The Bertz CT molecular complexity index is 566. The second-order valence-electron chi connectivity index (χ2n) is 5.60. The highest BCUT2D eigenvalue weighted by Gasteiger charge is 2.24. The van der Waals surface area contributed by atoms with Crippen LogP contribution in [-0.2, 0) is 9.53 Å². The van der Waals surface area contributed by atoms with Crippen molar-refractivity contribution < 1.29 is 23.8 Å². The minimum absolute atomic E-state index is 0.194. The third kappa shape index (κ3) is 4.37. The van der Waals surface area contributed by atoms with Gasteiger partial charge in [-0.1, -0.05) is 12.8 Å². The van der Waals surface area contributed by atoms with E-state index in [0.717, 1.165) is 25.7 Å². The normalized spacial score (nSPS) is 15.8. The zero-order valence-electron chi connectivity index (χ0n) is 13.8. The van der Waals surface area contributed by atoms with E-state index < -0.39 is 12.1 Å². The first-order chi connectivity index (χ1) is 11.0. The highest BCUT2D eigenvalue weighted by Crippen LogP contribution is 2.25. The summed E-state index contributed by atoms with van der Waals surface area (Å²) in [5, 5.41) is 2.91. The van der Waals surface area contributed by atoms with Gasteiger partial charge in [-0.2, -0.15) is 0 Å². The van der Waals surface area contributed by atoms with Crippen LogP contribution in [0, 0.1) is 0 Å². The monoisotopic (exact) mass is 321 g/mol. The number of hydrogen-bond donors (Lipinski definition) is 1. The van der Waals surface area contributed by atoms with Crippen LogP contribution in [0.3, 0.4) is 0 Å². The van der Waals surface area contributed by atoms with Gasteiger partial charge >= 0.3 is 5.97 Å². The van der Waals surface area contributed by atoms with Crippen LogP contribution in [0.1, 0.15) is 43.0 Å². The first-order valence-corrected chi connectivity index (χ1v) is 7.78. The van der Waals surface area contributed by atoms with Crippen molar-refractivity contribution in [3.8, 4) is 11.5 Å². The lowest BCUT2D eigenvalue weighted by molar-refractivity contribution is -0.129. The second kappa shape index (κ2) is 7.85. The molecule has 1 aromatic carbocycles. The Morgan fingerprint density at radius 1 is 1.17 bits per heavy atom. The van der Waals surface area contributed by atoms with E-state index in [-0.39, 0.29) is 17.5 Å². The summed E-state index contributed by atoms with van der Waals surface area (Å²) in [6, 6.07) is 4.99. The molecule has 0 spiro atoms. The molecule has 1 amide bonds. The Morgan fingerprint density at radius 2 is 1.87 bits per heavy atom. The maximum atomic E-state index is 12.3. The fourth-order valence-electron chi connectivity index (χ4n) is 2.63. The van der Waals surface area contributed by atoms with E-state index in [4.69, 9.17) is 14.2 Å². The number of amides is 1. The van der Waals surface area contributed by atoms with Gasteiger partial charge in [0, 0.05) is 12.1 Å². The van der Waals surface area contributed by atoms with Crippen LogP contribution in [0.5, 0.6) is 11.5 Å². The fraction of sp³-hybridized carbons (Fsp3) is 0.529. The van der Waals surface area contributed by atoms with E-state index in [1.165, 1.54) is 14.2 Å². The number of ether oxygens (including phenoxy) is 3. The van der Waals surface area contributed by atoms with E-state index in [1.54, 1.807) is 25.1 Å². The lowest BCUT2D eigenvalue weighted by Gasteiger charge is -2.18. The van der Waals surface area contributed by atoms with Crippen LogP contribution in [0.25, 0.3) is 0 Å². The minimum atomic E-state index is -0.852. The average molecular weight is 321 g/mol. The van der Waals surface area contributed by atoms with Gasteiger partial charge in [0.1, 0.15) is 17.1 Å². The molecule has 1 aliphatic carbocycles. The van der Waals surface area contributed by atoms with Gasteiger partial charge in [-0.25, -0.2) is 4.79 Å². The molecule has 2 rings (SSSR count). The number of carbonyl (C=O) groups is 2.